The van der Waals surface area contributed by atoms with Crippen LogP contribution in [0.1, 0.15) is 26.2 Å². The Morgan fingerprint density at radius 1 is 1.38 bits per heavy atom. The van der Waals surface area contributed by atoms with E-state index in [0.717, 1.165) is 32.5 Å². The number of nitrogens with one attached hydrogen (secondary N) is 1. The van der Waals surface area contributed by atoms with Crippen molar-refractivity contribution in [3.63, 3.8) is 0 Å². The number of carbonyl (C=O) groups is 2. The minimum atomic E-state index is -0.905. The fourth-order valence-corrected chi connectivity index (χ4v) is 3.01. The highest BCUT2D eigenvalue weighted by molar-refractivity contribution is 5.76. The number of ether oxygens (including phenoxy) is 1. The first-order valence-corrected chi connectivity index (χ1v) is 7.69. The maximum absolute atomic E-state index is 12.4. The molecule has 0 aromatic heterocycles. The van der Waals surface area contributed by atoms with E-state index in [4.69, 9.17) is 9.84 Å². The highest BCUT2D eigenvalue weighted by Gasteiger charge is 2.31. The number of likely N-dealkylation sites (tertiary alicyclic amines) is 1. The molecule has 2 fully saturated rings. The van der Waals surface area contributed by atoms with Gasteiger partial charge in [-0.3, -0.25) is 4.79 Å². The SMILES string of the molecule is CCN1CCCC(NC(=O)N2CCOCC2CC(=O)O)C1. The molecule has 7 heteroatoms. The van der Waals surface area contributed by atoms with E-state index in [9.17, 15) is 9.59 Å². The number of hydrogen-bond acceptors (Lipinski definition) is 4. The van der Waals surface area contributed by atoms with Gasteiger partial charge in [0.1, 0.15) is 0 Å². The van der Waals surface area contributed by atoms with Gasteiger partial charge in [0.15, 0.2) is 0 Å². The topological polar surface area (TPSA) is 82.1 Å². The maximum Gasteiger partial charge on any atom is 0.318 e. The zero-order valence-electron chi connectivity index (χ0n) is 12.6. The molecule has 2 atom stereocenters. The summed E-state index contributed by atoms with van der Waals surface area (Å²) in [5, 5.41) is 12.0. The molecule has 21 heavy (non-hydrogen) atoms. The predicted octanol–water partition coefficient (Wildman–Crippen LogP) is 0.356. The zero-order chi connectivity index (χ0) is 15.2. The summed E-state index contributed by atoms with van der Waals surface area (Å²) in [6.07, 6.45) is 2.00. The Bertz CT molecular complexity index is 377. The number of piperidine rings is 1. The molecule has 2 amide bonds. The summed E-state index contributed by atoms with van der Waals surface area (Å²) in [7, 11) is 0. The molecular formula is C14H25N3O4. The van der Waals surface area contributed by atoms with Gasteiger partial charge in [-0.15, -0.1) is 0 Å². The van der Waals surface area contributed by atoms with Crippen LogP contribution in [0.5, 0.6) is 0 Å². The van der Waals surface area contributed by atoms with Crippen LogP contribution in [0, 0.1) is 0 Å². The molecule has 120 valence electrons. The second-order valence-corrected chi connectivity index (χ2v) is 5.70. The Kier molecular flexibility index (Phi) is 5.81. The third kappa shape index (κ3) is 4.57. The number of carboxylic acids is 1. The predicted molar refractivity (Wildman–Crippen MR) is 77.2 cm³/mol. The van der Waals surface area contributed by atoms with Crippen molar-refractivity contribution in [1.82, 2.24) is 15.1 Å². The fourth-order valence-electron chi connectivity index (χ4n) is 3.01. The van der Waals surface area contributed by atoms with E-state index < -0.39 is 5.97 Å². The van der Waals surface area contributed by atoms with Gasteiger partial charge in [-0.1, -0.05) is 6.92 Å². The molecule has 0 saturated carbocycles. The molecule has 2 saturated heterocycles. The normalized spacial score (nSPS) is 27.4. The van der Waals surface area contributed by atoms with Crippen LogP contribution >= 0.6 is 0 Å². The quantitative estimate of drug-likeness (QED) is 0.783. The number of amides is 2. The molecule has 2 unspecified atom stereocenters. The van der Waals surface area contributed by atoms with Gasteiger partial charge in [0.2, 0.25) is 0 Å². The summed E-state index contributed by atoms with van der Waals surface area (Å²) in [6, 6.07) is -0.380. The molecule has 0 aromatic carbocycles. The van der Waals surface area contributed by atoms with E-state index in [1.165, 1.54) is 0 Å². The minimum Gasteiger partial charge on any atom is -0.481 e. The van der Waals surface area contributed by atoms with Gasteiger partial charge in [-0.05, 0) is 25.9 Å². The van der Waals surface area contributed by atoms with Gasteiger partial charge in [-0.2, -0.15) is 0 Å². The van der Waals surface area contributed by atoms with E-state index in [2.05, 4.69) is 17.1 Å². The lowest BCUT2D eigenvalue weighted by Gasteiger charge is -2.38. The summed E-state index contributed by atoms with van der Waals surface area (Å²) >= 11 is 0. The van der Waals surface area contributed by atoms with Crippen molar-refractivity contribution >= 4 is 12.0 Å². The standard InChI is InChI=1S/C14H25N3O4/c1-2-16-5-3-4-11(9-16)15-14(20)17-6-7-21-10-12(17)8-13(18)19/h11-12H,2-10H2,1H3,(H,15,20)(H,18,19). The van der Waals surface area contributed by atoms with Crippen LogP contribution in [0.15, 0.2) is 0 Å². The number of hydrogen-bond donors (Lipinski definition) is 2. The van der Waals surface area contributed by atoms with Crippen LogP contribution in [-0.4, -0.2) is 78.4 Å². The third-order valence-corrected chi connectivity index (χ3v) is 4.18. The molecule has 0 radical (unpaired) electrons. The smallest absolute Gasteiger partial charge is 0.318 e. The molecule has 2 N–H and O–H groups in total. The summed E-state index contributed by atoms with van der Waals surface area (Å²) < 4.78 is 5.29. The van der Waals surface area contributed by atoms with Crippen molar-refractivity contribution in [2.45, 2.75) is 38.3 Å². The molecule has 2 heterocycles. The largest absolute Gasteiger partial charge is 0.481 e. The Morgan fingerprint density at radius 2 is 2.19 bits per heavy atom. The number of aliphatic carboxylic acids is 1. The van der Waals surface area contributed by atoms with Crippen molar-refractivity contribution in [2.24, 2.45) is 0 Å². The number of carbonyl (C=O) groups excluding carboxylic acids is 1. The van der Waals surface area contributed by atoms with E-state index in [-0.39, 0.29) is 24.5 Å². The van der Waals surface area contributed by atoms with Crippen LogP contribution in [0.4, 0.5) is 4.79 Å². The number of carboxylic acid groups (broad SMARTS) is 1. The van der Waals surface area contributed by atoms with Crippen LogP contribution in [0.25, 0.3) is 0 Å². The molecule has 2 rings (SSSR count). The average Bonchev–Trinajstić information content (AvgIpc) is 2.47. The van der Waals surface area contributed by atoms with Crippen molar-refractivity contribution in [3.05, 3.63) is 0 Å². The maximum atomic E-state index is 12.4. The van der Waals surface area contributed by atoms with E-state index in [1.54, 1.807) is 4.90 Å². The van der Waals surface area contributed by atoms with E-state index in [1.807, 2.05) is 0 Å². The first kappa shape index (κ1) is 16.0. The van der Waals surface area contributed by atoms with E-state index in [0.29, 0.717) is 19.8 Å². The lowest BCUT2D eigenvalue weighted by molar-refractivity contribution is -0.139. The first-order valence-electron chi connectivity index (χ1n) is 7.69. The molecule has 0 bridgehead atoms. The second kappa shape index (κ2) is 7.61. The first-order chi connectivity index (χ1) is 10.1. The van der Waals surface area contributed by atoms with Gasteiger partial charge in [-0.25, -0.2) is 4.79 Å². The zero-order valence-corrected chi connectivity index (χ0v) is 12.6. The molecule has 0 aliphatic carbocycles. The lowest BCUT2D eigenvalue weighted by atomic mass is 10.1. The van der Waals surface area contributed by atoms with Gasteiger partial charge in [0.05, 0.1) is 25.7 Å². The van der Waals surface area contributed by atoms with Crippen LogP contribution < -0.4 is 5.32 Å². The Labute approximate surface area is 125 Å². The number of rotatable bonds is 4. The lowest BCUT2D eigenvalue weighted by Crippen LogP contribution is -2.57. The summed E-state index contributed by atoms with van der Waals surface area (Å²) in [6.45, 7) is 6.29. The monoisotopic (exact) mass is 299 g/mol. The van der Waals surface area contributed by atoms with Crippen molar-refractivity contribution in [2.75, 3.05) is 39.4 Å². The summed E-state index contributed by atoms with van der Waals surface area (Å²) in [5.74, 6) is -0.905. The van der Waals surface area contributed by atoms with Gasteiger partial charge < -0.3 is 25.0 Å². The van der Waals surface area contributed by atoms with Gasteiger partial charge in [0, 0.05) is 19.1 Å². The molecule has 2 aliphatic rings. The Balaban J connectivity index is 1.89. The minimum absolute atomic E-state index is 0.0703. The van der Waals surface area contributed by atoms with Gasteiger partial charge in [0.25, 0.3) is 0 Å². The molecule has 2 aliphatic heterocycles. The molecule has 7 nitrogen and oxygen atoms in total. The van der Waals surface area contributed by atoms with Crippen LogP contribution in [-0.2, 0) is 9.53 Å². The third-order valence-electron chi connectivity index (χ3n) is 4.18. The number of urea groups is 1. The Morgan fingerprint density at radius 3 is 2.90 bits per heavy atom. The second-order valence-electron chi connectivity index (χ2n) is 5.70. The highest BCUT2D eigenvalue weighted by atomic mass is 16.5. The molecular weight excluding hydrogens is 274 g/mol. The Hall–Kier alpha value is -1.34. The van der Waals surface area contributed by atoms with Crippen molar-refractivity contribution in [1.29, 1.82) is 0 Å². The molecule has 0 aromatic rings. The summed E-state index contributed by atoms with van der Waals surface area (Å²) in [4.78, 5) is 27.2. The number of nitrogens with zero attached hydrogens (tertiary/aromatic N) is 2. The van der Waals surface area contributed by atoms with Crippen LogP contribution in [0.3, 0.4) is 0 Å². The highest BCUT2D eigenvalue weighted by Crippen LogP contribution is 2.14. The molecule has 0 spiro atoms. The van der Waals surface area contributed by atoms with E-state index >= 15 is 0 Å². The van der Waals surface area contributed by atoms with Gasteiger partial charge >= 0.3 is 12.0 Å². The van der Waals surface area contributed by atoms with Crippen molar-refractivity contribution < 1.29 is 19.4 Å². The van der Waals surface area contributed by atoms with Crippen molar-refractivity contribution in [3.8, 4) is 0 Å². The van der Waals surface area contributed by atoms with Crippen LogP contribution in [0.2, 0.25) is 0 Å². The summed E-state index contributed by atoms with van der Waals surface area (Å²) in [5.41, 5.74) is 0. The number of morpholine rings is 1. The fraction of sp³-hybridized carbons (Fsp3) is 0.857. The number of likely N-dealkylation sites (N-methyl/N-ethyl adjacent to an activating group) is 1. The average molecular weight is 299 g/mol.